The van der Waals surface area contributed by atoms with Crippen molar-refractivity contribution in [1.82, 2.24) is 0 Å². The van der Waals surface area contributed by atoms with Crippen LogP contribution in [0.3, 0.4) is 0 Å². The average molecular weight is 382 g/mol. The molecule has 0 spiro atoms. The van der Waals surface area contributed by atoms with Crippen LogP contribution in [0.4, 0.5) is 5.69 Å². The highest BCUT2D eigenvalue weighted by atomic mass is 15.1. The zero-order chi connectivity index (χ0) is 20.3. The number of hydrogen-bond donors (Lipinski definition) is 0. The minimum absolute atomic E-state index is 1.11. The summed E-state index contributed by atoms with van der Waals surface area (Å²) in [6, 6.07) is 30.0. The second-order valence-electron chi connectivity index (χ2n) is 7.25. The molecule has 3 aromatic rings. The Kier molecular flexibility index (Phi) is 7.89. The molecule has 1 nitrogen and oxygen atoms in total. The van der Waals surface area contributed by atoms with Crippen molar-refractivity contribution < 1.29 is 0 Å². The molecule has 0 radical (unpaired) electrons. The van der Waals surface area contributed by atoms with Gasteiger partial charge in [0.1, 0.15) is 0 Å². The quantitative estimate of drug-likeness (QED) is 0.348. The summed E-state index contributed by atoms with van der Waals surface area (Å²) in [5.74, 6) is 0. The van der Waals surface area contributed by atoms with E-state index in [9.17, 15) is 0 Å². The van der Waals surface area contributed by atoms with Crippen molar-refractivity contribution in [2.45, 2.75) is 26.7 Å². The monoisotopic (exact) mass is 381 g/mol. The lowest BCUT2D eigenvalue weighted by Crippen LogP contribution is -2.24. The van der Waals surface area contributed by atoms with Crippen molar-refractivity contribution in [1.29, 1.82) is 0 Å². The SMILES string of the molecule is CCCN(CCC)c1ccc(/C=C/C=C(c2ccccc2)c2ccccc2)cc1. The second-order valence-corrected chi connectivity index (χ2v) is 7.25. The predicted octanol–water partition coefficient (Wildman–Crippen LogP) is 7.46. The molecule has 0 aliphatic rings. The van der Waals surface area contributed by atoms with E-state index in [-0.39, 0.29) is 0 Å². The number of rotatable bonds is 9. The van der Waals surface area contributed by atoms with E-state index in [4.69, 9.17) is 0 Å². The Hall–Kier alpha value is -3.06. The standard InChI is InChI=1S/C28H31N/c1-3-22-29(23-4-2)27-20-18-24(19-21-27)12-11-17-28(25-13-7-5-8-14-25)26-15-9-6-10-16-26/h5-21H,3-4,22-23H2,1-2H3/b12-11+. The van der Waals surface area contributed by atoms with Gasteiger partial charge in [0.2, 0.25) is 0 Å². The molecular weight excluding hydrogens is 350 g/mol. The van der Waals surface area contributed by atoms with E-state index in [1.165, 1.54) is 40.8 Å². The Morgan fingerprint density at radius 3 is 1.69 bits per heavy atom. The third-order valence-electron chi connectivity index (χ3n) is 4.97. The van der Waals surface area contributed by atoms with Crippen molar-refractivity contribution in [2.24, 2.45) is 0 Å². The van der Waals surface area contributed by atoms with Crippen LogP contribution in [0, 0.1) is 0 Å². The Morgan fingerprint density at radius 2 is 1.21 bits per heavy atom. The largest absolute Gasteiger partial charge is 0.372 e. The molecular formula is C28H31N. The van der Waals surface area contributed by atoms with Crippen LogP contribution in [0.1, 0.15) is 43.4 Å². The van der Waals surface area contributed by atoms with Crippen LogP contribution in [0.2, 0.25) is 0 Å². The smallest absolute Gasteiger partial charge is 0.0366 e. The van der Waals surface area contributed by atoms with Crippen LogP contribution in [0.15, 0.2) is 97.1 Å². The first-order valence-electron chi connectivity index (χ1n) is 10.7. The first-order valence-corrected chi connectivity index (χ1v) is 10.7. The number of allylic oxidation sites excluding steroid dienone is 2. The van der Waals surface area contributed by atoms with Crippen LogP contribution in [-0.4, -0.2) is 13.1 Å². The molecule has 0 unspecified atom stereocenters. The molecule has 0 saturated heterocycles. The Morgan fingerprint density at radius 1 is 0.690 bits per heavy atom. The van der Waals surface area contributed by atoms with Crippen molar-refractivity contribution in [2.75, 3.05) is 18.0 Å². The fraction of sp³-hybridized carbons (Fsp3) is 0.214. The highest BCUT2D eigenvalue weighted by molar-refractivity contribution is 5.81. The normalized spacial score (nSPS) is 10.8. The van der Waals surface area contributed by atoms with Gasteiger partial charge in [0.15, 0.2) is 0 Å². The van der Waals surface area contributed by atoms with Crippen LogP contribution in [0.25, 0.3) is 11.6 Å². The maximum atomic E-state index is 2.47. The van der Waals surface area contributed by atoms with Crippen LogP contribution < -0.4 is 4.90 Å². The lowest BCUT2D eigenvalue weighted by atomic mass is 9.97. The molecule has 29 heavy (non-hydrogen) atoms. The van der Waals surface area contributed by atoms with Crippen molar-refractivity contribution in [3.05, 3.63) is 114 Å². The third-order valence-corrected chi connectivity index (χ3v) is 4.97. The first-order chi connectivity index (χ1) is 14.3. The van der Waals surface area contributed by atoms with E-state index >= 15 is 0 Å². The third kappa shape index (κ3) is 5.96. The van der Waals surface area contributed by atoms with Crippen LogP contribution in [0.5, 0.6) is 0 Å². The zero-order valence-electron chi connectivity index (χ0n) is 17.6. The molecule has 148 valence electrons. The summed E-state index contributed by atoms with van der Waals surface area (Å²) in [6.45, 7) is 6.71. The number of nitrogens with zero attached hydrogens (tertiary/aromatic N) is 1. The highest BCUT2D eigenvalue weighted by Gasteiger charge is 2.04. The summed E-state index contributed by atoms with van der Waals surface area (Å²) in [5.41, 5.74) is 6.23. The van der Waals surface area contributed by atoms with Crippen molar-refractivity contribution >= 4 is 17.3 Å². The fourth-order valence-corrected chi connectivity index (χ4v) is 3.56. The maximum Gasteiger partial charge on any atom is 0.0366 e. The van der Waals surface area contributed by atoms with Gasteiger partial charge in [-0.1, -0.05) is 105 Å². The number of benzene rings is 3. The first kappa shape index (κ1) is 20.7. The van der Waals surface area contributed by atoms with E-state index in [2.05, 4.69) is 122 Å². The molecule has 0 N–H and O–H groups in total. The molecule has 0 bridgehead atoms. The fourth-order valence-electron chi connectivity index (χ4n) is 3.56. The lowest BCUT2D eigenvalue weighted by molar-refractivity contribution is 0.745. The summed E-state index contributed by atoms with van der Waals surface area (Å²) in [6.07, 6.45) is 8.89. The van der Waals surface area contributed by atoms with E-state index in [0.29, 0.717) is 0 Å². The minimum Gasteiger partial charge on any atom is -0.372 e. The van der Waals surface area contributed by atoms with Gasteiger partial charge in [-0.05, 0) is 47.2 Å². The lowest BCUT2D eigenvalue weighted by Gasteiger charge is -2.23. The van der Waals surface area contributed by atoms with Gasteiger partial charge in [0.05, 0.1) is 0 Å². The second kappa shape index (κ2) is 11.1. The molecule has 0 heterocycles. The van der Waals surface area contributed by atoms with E-state index in [1.807, 2.05) is 0 Å². The summed E-state index contributed by atoms with van der Waals surface area (Å²) >= 11 is 0. The highest BCUT2D eigenvalue weighted by Crippen LogP contribution is 2.23. The van der Waals surface area contributed by atoms with Gasteiger partial charge in [0, 0.05) is 18.8 Å². The molecule has 0 aliphatic carbocycles. The van der Waals surface area contributed by atoms with Gasteiger partial charge in [-0.3, -0.25) is 0 Å². The molecule has 0 amide bonds. The van der Waals surface area contributed by atoms with Gasteiger partial charge in [-0.2, -0.15) is 0 Å². The molecule has 0 atom stereocenters. The van der Waals surface area contributed by atoms with E-state index in [1.54, 1.807) is 0 Å². The van der Waals surface area contributed by atoms with E-state index < -0.39 is 0 Å². The molecule has 0 aliphatic heterocycles. The molecule has 1 heteroatoms. The number of anilines is 1. The summed E-state index contributed by atoms with van der Waals surface area (Å²) in [5, 5.41) is 0. The molecule has 0 saturated carbocycles. The van der Waals surface area contributed by atoms with Crippen molar-refractivity contribution in [3.63, 3.8) is 0 Å². The molecule has 0 fully saturated rings. The van der Waals surface area contributed by atoms with Gasteiger partial charge in [-0.15, -0.1) is 0 Å². The molecule has 3 rings (SSSR count). The van der Waals surface area contributed by atoms with Gasteiger partial charge in [-0.25, -0.2) is 0 Å². The van der Waals surface area contributed by atoms with Crippen LogP contribution >= 0.6 is 0 Å². The zero-order valence-corrected chi connectivity index (χ0v) is 17.6. The van der Waals surface area contributed by atoms with Gasteiger partial charge < -0.3 is 4.90 Å². The Bertz CT molecular complexity index is 858. The topological polar surface area (TPSA) is 3.24 Å². The summed E-state index contributed by atoms with van der Waals surface area (Å²) in [7, 11) is 0. The predicted molar refractivity (Wildman–Crippen MR) is 128 cm³/mol. The van der Waals surface area contributed by atoms with Gasteiger partial charge in [0.25, 0.3) is 0 Å². The summed E-state index contributed by atoms with van der Waals surface area (Å²) in [4.78, 5) is 2.47. The Labute approximate surface area is 176 Å². The molecule has 0 aromatic heterocycles. The number of hydrogen-bond acceptors (Lipinski definition) is 1. The Balaban J connectivity index is 1.80. The minimum atomic E-state index is 1.11. The van der Waals surface area contributed by atoms with Crippen LogP contribution in [-0.2, 0) is 0 Å². The van der Waals surface area contributed by atoms with Gasteiger partial charge >= 0.3 is 0 Å². The maximum absolute atomic E-state index is 2.47. The molecule has 3 aromatic carbocycles. The van der Waals surface area contributed by atoms with Crippen molar-refractivity contribution in [3.8, 4) is 0 Å². The van der Waals surface area contributed by atoms with E-state index in [0.717, 1.165) is 13.1 Å². The average Bonchev–Trinajstić information content (AvgIpc) is 2.78. The summed E-state index contributed by atoms with van der Waals surface area (Å²) < 4.78 is 0.